The summed E-state index contributed by atoms with van der Waals surface area (Å²) >= 11 is 1.89. The highest BCUT2D eigenvalue weighted by molar-refractivity contribution is 7.99. The SMILES string of the molecule is c1ccc(-n2c3ccccc3c3ccc(C4NC(n5c6ccccc6c6cc7c(cc65)C5(c6ccccc6Sc6ccccc65)c5ccccc5-7)Nc5ccccc54)cc32)cc1. The number of hydrogen-bond donors (Lipinski definition) is 2. The highest BCUT2D eigenvalue weighted by Gasteiger charge is 2.50. The summed E-state index contributed by atoms with van der Waals surface area (Å²) in [6, 6.07) is 76.6. The van der Waals surface area contributed by atoms with Gasteiger partial charge < -0.3 is 14.5 Å². The molecule has 2 atom stereocenters. The van der Waals surface area contributed by atoms with Crippen LogP contribution in [0.15, 0.2) is 216 Å². The smallest absolute Gasteiger partial charge is 0.160 e. The number of nitrogens with one attached hydrogen (secondary N) is 2. The van der Waals surface area contributed by atoms with Crippen molar-refractivity contribution in [3.8, 4) is 16.8 Å². The Kier molecular flexibility index (Phi) is 7.13. The molecule has 5 heteroatoms. The maximum Gasteiger partial charge on any atom is 0.160 e. The van der Waals surface area contributed by atoms with Gasteiger partial charge in [0.1, 0.15) is 0 Å². The molecule has 11 aromatic rings. The van der Waals surface area contributed by atoms with Crippen LogP contribution in [0.5, 0.6) is 0 Å². The molecular weight excluding hydrogens is 773 g/mol. The number of rotatable bonds is 3. The van der Waals surface area contributed by atoms with Crippen molar-refractivity contribution in [1.82, 2.24) is 14.5 Å². The summed E-state index contributed by atoms with van der Waals surface area (Å²) in [6.07, 6.45) is -0.257. The molecule has 0 saturated heterocycles. The van der Waals surface area contributed by atoms with Crippen LogP contribution in [-0.2, 0) is 5.41 Å². The van der Waals surface area contributed by atoms with Crippen LogP contribution in [0.1, 0.15) is 45.7 Å². The molecule has 2 aromatic heterocycles. The van der Waals surface area contributed by atoms with Gasteiger partial charge in [0, 0.05) is 42.7 Å². The van der Waals surface area contributed by atoms with Crippen LogP contribution in [0.4, 0.5) is 5.69 Å². The lowest BCUT2D eigenvalue weighted by Gasteiger charge is -2.40. The molecule has 14 rings (SSSR count). The van der Waals surface area contributed by atoms with Crippen molar-refractivity contribution >= 4 is 61.1 Å². The van der Waals surface area contributed by atoms with E-state index in [1.54, 1.807) is 0 Å². The second-order valence-electron chi connectivity index (χ2n) is 16.9. The van der Waals surface area contributed by atoms with E-state index in [1.807, 2.05) is 11.8 Å². The van der Waals surface area contributed by atoms with Crippen LogP contribution in [0.25, 0.3) is 60.4 Å². The van der Waals surface area contributed by atoms with E-state index < -0.39 is 5.41 Å². The first-order valence-electron chi connectivity index (χ1n) is 21.5. The molecule has 0 amide bonds. The van der Waals surface area contributed by atoms with Crippen molar-refractivity contribution in [3.05, 3.63) is 240 Å². The fourth-order valence-corrected chi connectivity index (χ4v) is 12.6. The third-order valence-electron chi connectivity index (χ3n) is 13.9. The molecular formula is C57H38N4S. The van der Waals surface area contributed by atoms with Crippen molar-refractivity contribution in [2.75, 3.05) is 5.32 Å². The molecule has 62 heavy (non-hydrogen) atoms. The highest BCUT2D eigenvalue weighted by Crippen LogP contribution is 2.63. The van der Waals surface area contributed by atoms with E-state index in [-0.39, 0.29) is 12.3 Å². The Morgan fingerprint density at radius 2 is 1.06 bits per heavy atom. The number of para-hydroxylation sites is 4. The average Bonchev–Trinajstić information content (AvgIpc) is 3.94. The first-order chi connectivity index (χ1) is 30.8. The van der Waals surface area contributed by atoms with Crippen LogP contribution in [-0.4, -0.2) is 9.13 Å². The lowest BCUT2D eigenvalue weighted by molar-refractivity contribution is 0.417. The van der Waals surface area contributed by atoms with Gasteiger partial charge in [-0.1, -0.05) is 157 Å². The molecule has 4 heterocycles. The summed E-state index contributed by atoms with van der Waals surface area (Å²) in [6.45, 7) is 0. The molecule has 2 unspecified atom stereocenters. The third kappa shape index (κ3) is 4.56. The van der Waals surface area contributed by atoms with Crippen LogP contribution in [0.3, 0.4) is 0 Å². The molecule has 0 fully saturated rings. The quantitative estimate of drug-likeness (QED) is 0.187. The van der Waals surface area contributed by atoms with Crippen LogP contribution < -0.4 is 10.6 Å². The number of fused-ring (bicyclic) bond motifs is 16. The molecule has 1 aliphatic carbocycles. The zero-order chi connectivity index (χ0) is 40.5. The second-order valence-corrected chi connectivity index (χ2v) is 18.0. The van der Waals surface area contributed by atoms with E-state index in [4.69, 9.17) is 0 Å². The summed E-state index contributed by atoms with van der Waals surface area (Å²) in [5.41, 5.74) is 17.1. The van der Waals surface area contributed by atoms with Crippen molar-refractivity contribution in [1.29, 1.82) is 0 Å². The normalized spacial score (nSPS) is 16.8. The predicted molar refractivity (Wildman–Crippen MR) is 256 cm³/mol. The summed E-state index contributed by atoms with van der Waals surface area (Å²) in [5, 5.41) is 13.2. The zero-order valence-corrected chi connectivity index (χ0v) is 34.4. The molecule has 4 nitrogen and oxygen atoms in total. The van der Waals surface area contributed by atoms with Gasteiger partial charge in [-0.2, -0.15) is 0 Å². The molecule has 0 saturated carbocycles. The summed E-state index contributed by atoms with van der Waals surface area (Å²) in [5.74, 6) is 0. The van der Waals surface area contributed by atoms with E-state index >= 15 is 0 Å². The van der Waals surface area contributed by atoms with Gasteiger partial charge in [-0.3, -0.25) is 5.32 Å². The zero-order valence-electron chi connectivity index (χ0n) is 33.6. The Balaban J connectivity index is 1.00. The predicted octanol–water partition coefficient (Wildman–Crippen LogP) is 14.0. The van der Waals surface area contributed by atoms with Crippen LogP contribution in [0.2, 0.25) is 0 Å². The summed E-state index contributed by atoms with van der Waals surface area (Å²) < 4.78 is 4.94. The minimum Gasteiger partial charge on any atom is -0.352 e. The Morgan fingerprint density at radius 1 is 0.435 bits per heavy atom. The first-order valence-corrected chi connectivity index (χ1v) is 22.3. The molecule has 3 aliphatic rings. The Hall–Kier alpha value is -7.31. The molecule has 9 aromatic carbocycles. The lowest BCUT2D eigenvalue weighted by Crippen LogP contribution is -2.40. The number of anilines is 1. The summed E-state index contributed by atoms with van der Waals surface area (Å²) in [4.78, 5) is 2.63. The standard InChI is InChI=1S/C57H38N4S/c1-2-16-36(17-3-1)60-49-26-12-6-19-38(49)40-31-30-35(32-51(40)60)55-41-21-5-11-25-48(41)58-56(59-55)61-50-27-13-7-20-39(50)43-33-42-37-18-4-8-22-44(37)57(47(42)34-52(43)61)45-23-9-14-28-53(45)62-54-29-15-10-24-46(54)57/h1-34,55-56,58-59H. The number of benzene rings is 9. The Bertz CT molecular complexity index is 3610. The van der Waals surface area contributed by atoms with E-state index in [1.165, 1.54) is 97.9 Å². The number of nitrogens with zero attached hydrogens (tertiary/aromatic N) is 2. The Labute approximate surface area is 363 Å². The second kappa shape index (κ2) is 12.9. The Morgan fingerprint density at radius 3 is 1.87 bits per heavy atom. The van der Waals surface area contributed by atoms with Crippen molar-refractivity contribution in [2.45, 2.75) is 27.5 Å². The van der Waals surface area contributed by atoms with Crippen molar-refractivity contribution in [2.24, 2.45) is 0 Å². The molecule has 2 N–H and O–H groups in total. The molecule has 0 radical (unpaired) electrons. The van der Waals surface area contributed by atoms with Gasteiger partial charge >= 0.3 is 0 Å². The number of hydrogen-bond acceptors (Lipinski definition) is 3. The largest absolute Gasteiger partial charge is 0.352 e. The summed E-state index contributed by atoms with van der Waals surface area (Å²) in [7, 11) is 0. The molecule has 2 aliphatic heterocycles. The average molecular weight is 811 g/mol. The molecule has 0 bridgehead atoms. The maximum absolute atomic E-state index is 4.20. The van der Waals surface area contributed by atoms with Crippen molar-refractivity contribution in [3.63, 3.8) is 0 Å². The number of aromatic nitrogens is 2. The van der Waals surface area contributed by atoms with E-state index in [2.05, 4.69) is 226 Å². The van der Waals surface area contributed by atoms with E-state index in [0.717, 1.165) is 11.4 Å². The topological polar surface area (TPSA) is 33.9 Å². The fourth-order valence-electron chi connectivity index (χ4n) is 11.4. The highest BCUT2D eigenvalue weighted by atomic mass is 32.2. The minimum atomic E-state index is -0.463. The van der Waals surface area contributed by atoms with Crippen LogP contribution in [0, 0.1) is 0 Å². The third-order valence-corrected chi connectivity index (χ3v) is 15.0. The minimum absolute atomic E-state index is 0.0838. The lowest BCUT2D eigenvalue weighted by atomic mass is 9.67. The van der Waals surface area contributed by atoms with E-state index in [0.29, 0.717) is 0 Å². The maximum atomic E-state index is 4.20. The fraction of sp³-hybridized carbons (Fsp3) is 0.0526. The van der Waals surface area contributed by atoms with Gasteiger partial charge in [0.25, 0.3) is 0 Å². The van der Waals surface area contributed by atoms with Crippen LogP contribution >= 0.6 is 11.8 Å². The monoisotopic (exact) mass is 810 g/mol. The van der Waals surface area contributed by atoms with Gasteiger partial charge in [-0.05, 0) is 105 Å². The van der Waals surface area contributed by atoms with E-state index in [9.17, 15) is 0 Å². The van der Waals surface area contributed by atoms with Gasteiger partial charge in [-0.15, -0.1) is 0 Å². The molecule has 292 valence electrons. The van der Waals surface area contributed by atoms with Gasteiger partial charge in [0.2, 0.25) is 0 Å². The van der Waals surface area contributed by atoms with Gasteiger partial charge in [-0.25, -0.2) is 0 Å². The van der Waals surface area contributed by atoms with Gasteiger partial charge in [0.15, 0.2) is 6.29 Å². The molecule has 1 spiro atoms. The van der Waals surface area contributed by atoms with Gasteiger partial charge in [0.05, 0.1) is 33.5 Å². The first kappa shape index (κ1) is 34.4. The van der Waals surface area contributed by atoms with Crippen molar-refractivity contribution < 1.29 is 0 Å².